The number of quaternary nitrogens is 1. The zero-order chi connectivity index (χ0) is 24.3. The van der Waals surface area contributed by atoms with Crippen LogP contribution in [0.3, 0.4) is 0 Å². The van der Waals surface area contributed by atoms with Gasteiger partial charge in [-0.25, -0.2) is 4.39 Å². The topological polar surface area (TPSA) is 57.8 Å². The zero-order valence-corrected chi connectivity index (χ0v) is 22.2. The fourth-order valence-corrected chi connectivity index (χ4v) is 3.99. The van der Waals surface area contributed by atoms with E-state index in [-0.39, 0.29) is 35.7 Å². The predicted octanol–water partition coefficient (Wildman–Crippen LogP) is 2.22. The van der Waals surface area contributed by atoms with Crippen LogP contribution in [0.1, 0.15) is 34.1 Å². The molecule has 0 unspecified atom stereocenters. The minimum absolute atomic E-state index is 0. The summed E-state index contributed by atoms with van der Waals surface area (Å²) in [6.07, 6.45) is 0. The van der Waals surface area contributed by atoms with Crippen LogP contribution in [0.25, 0.3) is 10.9 Å². The number of amides is 1. The molecule has 7 heteroatoms. The molecule has 0 bridgehead atoms. The Morgan fingerprint density at radius 2 is 1.77 bits per heavy atom. The minimum Gasteiger partial charge on any atom is -1.00 e. The van der Waals surface area contributed by atoms with Crippen molar-refractivity contribution < 1.29 is 33.2 Å². The van der Waals surface area contributed by atoms with Crippen molar-refractivity contribution in [3.63, 3.8) is 0 Å². The summed E-state index contributed by atoms with van der Waals surface area (Å²) in [6.45, 7) is 3.92. The molecule has 0 aliphatic heterocycles. The maximum Gasteiger partial charge on any atom is 0.268 e. The van der Waals surface area contributed by atoms with Gasteiger partial charge in [-0.15, -0.1) is 0 Å². The maximum atomic E-state index is 13.9. The van der Waals surface area contributed by atoms with Gasteiger partial charge in [0.2, 0.25) is 0 Å². The average molecular weight is 582 g/mol. The second-order valence-electron chi connectivity index (χ2n) is 8.98. The van der Waals surface area contributed by atoms with E-state index in [9.17, 15) is 14.4 Å². The Balaban J connectivity index is 0.00000342. The van der Waals surface area contributed by atoms with Crippen molar-refractivity contribution in [1.82, 2.24) is 14.4 Å². The Morgan fingerprint density at radius 3 is 2.46 bits per heavy atom. The van der Waals surface area contributed by atoms with Gasteiger partial charge in [-0.1, -0.05) is 24.3 Å². The maximum absolute atomic E-state index is 13.9. The van der Waals surface area contributed by atoms with Gasteiger partial charge in [0.05, 0.1) is 32.3 Å². The third-order valence-electron chi connectivity index (χ3n) is 6.37. The van der Waals surface area contributed by atoms with Crippen LogP contribution in [-0.2, 0) is 13.1 Å². The van der Waals surface area contributed by atoms with Gasteiger partial charge in [0.25, 0.3) is 5.91 Å². The van der Waals surface area contributed by atoms with Crippen LogP contribution >= 0.6 is 0 Å². The average Bonchev–Trinajstić information content (AvgIpc) is 3.20. The largest absolute Gasteiger partial charge is 1.00 e. The van der Waals surface area contributed by atoms with Crippen LogP contribution < -0.4 is 33.8 Å². The molecule has 0 fully saturated rings. The number of benzene rings is 3. The lowest BCUT2D eigenvalue weighted by Crippen LogP contribution is -3.00. The lowest BCUT2D eigenvalue weighted by molar-refractivity contribution is -0.0000161. The molecule has 35 heavy (non-hydrogen) atoms. The molecule has 1 N–H and O–H groups in total. The van der Waals surface area contributed by atoms with Crippen LogP contribution in [0.2, 0.25) is 0 Å². The summed E-state index contributed by atoms with van der Waals surface area (Å²) >= 11 is 0. The molecule has 5 nitrogen and oxygen atoms in total. The van der Waals surface area contributed by atoms with E-state index in [1.807, 2.05) is 28.8 Å². The number of fused-ring (bicyclic) bond motifs is 1. The normalized spacial score (nSPS) is 11.1. The number of carbonyl (C=O) groups is 1. The Hall–Kier alpha value is -3.22. The number of aromatic nitrogens is 1. The highest BCUT2D eigenvalue weighted by Crippen LogP contribution is 2.24. The van der Waals surface area contributed by atoms with Gasteiger partial charge in [-0.05, 0) is 66.6 Å². The smallest absolute Gasteiger partial charge is 0.268 e. The molecule has 0 aliphatic rings. The van der Waals surface area contributed by atoms with Gasteiger partial charge in [0, 0.05) is 24.0 Å². The van der Waals surface area contributed by atoms with Crippen molar-refractivity contribution >= 4 is 22.5 Å². The summed E-state index contributed by atoms with van der Waals surface area (Å²) in [4.78, 5) is 13.2. The third-order valence-corrected chi connectivity index (χ3v) is 6.37. The lowest BCUT2D eigenvalue weighted by Gasteiger charge is -2.27. The van der Waals surface area contributed by atoms with E-state index < -0.39 is 0 Å². The molecule has 4 aromatic rings. The Kier molecular flexibility index (Phi) is 8.30. The Bertz CT molecular complexity index is 1390. The first-order valence-electron chi connectivity index (χ1n) is 11.3. The highest BCUT2D eigenvalue weighted by molar-refractivity contribution is 5.98. The predicted molar refractivity (Wildman–Crippen MR) is 134 cm³/mol. The lowest BCUT2D eigenvalue weighted by atomic mass is 10.1. The molecule has 0 saturated carbocycles. The molecule has 4 rings (SSSR count). The van der Waals surface area contributed by atoms with Gasteiger partial charge in [-0.2, -0.15) is 5.26 Å². The van der Waals surface area contributed by atoms with Crippen LogP contribution in [0.15, 0.2) is 72.8 Å². The van der Waals surface area contributed by atoms with E-state index >= 15 is 0 Å². The number of rotatable bonds is 7. The first kappa shape index (κ1) is 26.4. The SMILES string of the molecule is CC[N+](C)(C)c1ccc(CNC(=O)c2cc3cc(F)ccc3n2Cc2cccc(C#N)c2)cc1.[I-]. The van der Waals surface area contributed by atoms with Gasteiger partial charge < -0.3 is 33.9 Å². The van der Waals surface area contributed by atoms with Gasteiger partial charge >= 0.3 is 0 Å². The van der Waals surface area contributed by atoms with Crippen LogP contribution in [0.5, 0.6) is 0 Å². The molecule has 0 spiro atoms. The second-order valence-corrected chi connectivity index (χ2v) is 8.98. The van der Waals surface area contributed by atoms with E-state index in [0.717, 1.165) is 27.7 Å². The van der Waals surface area contributed by atoms with Crippen LogP contribution in [0, 0.1) is 17.1 Å². The van der Waals surface area contributed by atoms with Crippen molar-refractivity contribution in [2.75, 3.05) is 20.6 Å². The van der Waals surface area contributed by atoms with Crippen molar-refractivity contribution in [1.29, 1.82) is 5.26 Å². The highest BCUT2D eigenvalue weighted by atomic mass is 127. The summed E-state index contributed by atoms with van der Waals surface area (Å²) in [7, 11) is 4.31. The molecule has 1 amide bonds. The molecule has 0 radical (unpaired) electrons. The summed E-state index contributed by atoms with van der Waals surface area (Å²) in [5, 5.41) is 12.9. The number of nitriles is 1. The highest BCUT2D eigenvalue weighted by Gasteiger charge is 2.18. The summed E-state index contributed by atoms with van der Waals surface area (Å²) < 4.78 is 16.5. The Morgan fingerprint density at radius 1 is 1.03 bits per heavy atom. The number of nitrogens with zero attached hydrogens (tertiary/aromatic N) is 3. The molecular weight excluding hydrogens is 554 g/mol. The number of nitrogens with one attached hydrogen (secondary N) is 1. The minimum atomic E-state index is -0.350. The molecule has 0 saturated heterocycles. The van der Waals surface area contributed by atoms with E-state index in [1.165, 1.54) is 17.8 Å². The molecule has 3 aromatic carbocycles. The first-order chi connectivity index (χ1) is 16.3. The fourth-order valence-electron chi connectivity index (χ4n) is 3.99. The van der Waals surface area contributed by atoms with Crippen LogP contribution in [0.4, 0.5) is 10.1 Å². The molecule has 180 valence electrons. The van der Waals surface area contributed by atoms with E-state index in [1.54, 1.807) is 24.3 Å². The van der Waals surface area contributed by atoms with Crippen molar-refractivity contribution in [2.45, 2.75) is 20.0 Å². The van der Waals surface area contributed by atoms with E-state index in [4.69, 9.17) is 0 Å². The molecule has 0 atom stereocenters. The number of hydrogen-bond acceptors (Lipinski definition) is 2. The van der Waals surface area contributed by atoms with Gasteiger partial charge in [0.1, 0.15) is 17.2 Å². The van der Waals surface area contributed by atoms with Gasteiger partial charge in [-0.3, -0.25) is 9.28 Å². The number of carbonyl (C=O) groups excluding carboxylic acids is 1. The number of halogens is 2. The van der Waals surface area contributed by atoms with Crippen molar-refractivity contribution in [2.24, 2.45) is 0 Å². The summed E-state index contributed by atoms with van der Waals surface area (Å²) in [5.74, 6) is -0.585. The quantitative estimate of drug-likeness (QED) is 0.269. The summed E-state index contributed by atoms with van der Waals surface area (Å²) in [5.41, 5.74) is 4.87. The van der Waals surface area contributed by atoms with E-state index in [2.05, 4.69) is 44.5 Å². The fraction of sp³-hybridized carbons (Fsp3) is 0.214. The van der Waals surface area contributed by atoms with Crippen molar-refractivity contribution in [3.8, 4) is 6.07 Å². The van der Waals surface area contributed by atoms with E-state index in [0.29, 0.717) is 29.7 Å². The summed E-state index contributed by atoms with van der Waals surface area (Å²) in [6, 6.07) is 23.9. The van der Waals surface area contributed by atoms with Gasteiger partial charge in [0.15, 0.2) is 0 Å². The second kappa shape index (κ2) is 11.0. The molecular formula is C28H28FIN4O. The Labute approximate surface area is 222 Å². The first-order valence-corrected chi connectivity index (χ1v) is 11.3. The zero-order valence-electron chi connectivity index (χ0n) is 20.1. The van der Waals surface area contributed by atoms with Crippen LogP contribution in [-0.4, -0.2) is 31.1 Å². The monoisotopic (exact) mass is 582 g/mol. The molecule has 1 heterocycles. The standard InChI is InChI=1S/C28H27FN4O.HI/c1-4-33(2,3)25-11-8-20(9-12-25)18-31-28(34)27-16-23-15-24(29)10-13-26(23)32(27)19-22-7-5-6-21(14-22)17-30;/h5-16H,4,18-19H2,1-3H3;1H. The molecule has 1 aromatic heterocycles. The van der Waals surface area contributed by atoms with Crippen molar-refractivity contribution in [3.05, 3.63) is 101 Å². The third kappa shape index (κ3) is 5.89. The molecule has 0 aliphatic carbocycles. The number of hydrogen-bond donors (Lipinski definition) is 1.